The summed E-state index contributed by atoms with van der Waals surface area (Å²) in [6, 6.07) is 6.76. The van der Waals surface area contributed by atoms with Gasteiger partial charge in [0.2, 0.25) is 0 Å². The average Bonchev–Trinajstić information content (AvgIpc) is 3.44. The molecule has 160 valence electrons. The molecule has 2 aliphatic rings. The number of nitrogens with zero attached hydrogens (tertiary/aromatic N) is 4. The van der Waals surface area contributed by atoms with Crippen LogP contribution in [0.4, 0.5) is 11.5 Å². The first-order valence-electron chi connectivity index (χ1n) is 11.3. The maximum atomic E-state index is 4.88. The minimum absolute atomic E-state index is 0.756. The van der Waals surface area contributed by atoms with E-state index in [0.717, 1.165) is 65.9 Å². The lowest BCUT2D eigenvalue weighted by molar-refractivity contribution is 0.977. The van der Waals surface area contributed by atoms with E-state index in [9.17, 15) is 0 Å². The smallest absolute Gasteiger partial charge is 0.140 e. The molecule has 0 bridgehead atoms. The van der Waals surface area contributed by atoms with Gasteiger partial charge in [-0.25, -0.2) is 4.98 Å². The minimum Gasteiger partial charge on any atom is -0.298 e. The molecule has 4 heterocycles. The van der Waals surface area contributed by atoms with Crippen LogP contribution in [0.5, 0.6) is 0 Å². The Bertz CT molecular complexity index is 1310. The van der Waals surface area contributed by atoms with Crippen molar-refractivity contribution < 1.29 is 0 Å². The summed E-state index contributed by atoms with van der Waals surface area (Å²) in [5.74, 6) is 0.950. The Hall–Kier alpha value is -3.53. The lowest BCUT2D eigenvalue weighted by atomic mass is 9.95. The van der Waals surface area contributed by atoms with E-state index in [1.54, 1.807) is 0 Å². The van der Waals surface area contributed by atoms with Crippen LogP contribution in [0.3, 0.4) is 0 Å². The molecule has 0 N–H and O–H groups in total. The Morgan fingerprint density at radius 1 is 1.16 bits per heavy atom. The summed E-state index contributed by atoms with van der Waals surface area (Å²) in [6.45, 7) is 13.3. The molecular formula is C28H28N4. The van der Waals surface area contributed by atoms with Gasteiger partial charge in [0, 0.05) is 41.7 Å². The number of pyridine rings is 2. The number of aliphatic imine (C=N–C) groups is 1. The van der Waals surface area contributed by atoms with E-state index < -0.39 is 0 Å². The van der Waals surface area contributed by atoms with Gasteiger partial charge in [-0.3, -0.25) is 14.9 Å². The summed E-state index contributed by atoms with van der Waals surface area (Å²) in [6.07, 6.45) is 13.8. The highest BCUT2D eigenvalue weighted by atomic mass is 15.2. The van der Waals surface area contributed by atoms with E-state index in [0.29, 0.717) is 0 Å². The fourth-order valence-corrected chi connectivity index (χ4v) is 4.78. The number of benzene rings is 1. The predicted octanol–water partition coefficient (Wildman–Crippen LogP) is 6.29. The second-order valence-corrected chi connectivity index (χ2v) is 8.56. The van der Waals surface area contributed by atoms with Crippen LogP contribution in [0.2, 0.25) is 0 Å². The van der Waals surface area contributed by atoms with Gasteiger partial charge in [-0.2, -0.15) is 0 Å². The summed E-state index contributed by atoms with van der Waals surface area (Å²) < 4.78 is 0. The zero-order valence-electron chi connectivity index (χ0n) is 18.9. The van der Waals surface area contributed by atoms with Crippen molar-refractivity contribution in [3.8, 4) is 0 Å². The maximum Gasteiger partial charge on any atom is 0.140 e. The Morgan fingerprint density at radius 3 is 2.75 bits per heavy atom. The summed E-state index contributed by atoms with van der Waals surface area (Å²) in [4.78, 5) is 16.3. The van der Waals surface area contributed by atoms with Crippen molar-refractivity contribution >= 4 is 34.2 Å². The molecule has 3 aromatic rings. The molecule has 0 saturated carbocycles. The molecule has 0 unspecified atom stereocenters. The topological polar surface area (TPSA) is 41.4 Å². The quantitative estimate of drug-likeness (QED) is 0.440. The Balaban J connectivity index is 1.68. The van der Waals surface area contributed by atoms with Gasteiger partial charge >= 0.3 is 0 Å². The fourth-order valence-electron chi connectivity index (χ4n) is 4.78. The number of allylic oxidation sites excluding steroid dienone is 3. The van der Waals surface area contributed by atoms with Gasteiger partial charge in [0.1, 0.15) is 5.82 Å². The lowest BCUT2D eigenvalue weighted by Gasteiger charge is -2.24. The van der Waals surface area contributed by atoms with Gasteiger partial charge in [-0.1, -0.05) is 31.7 Å². The molecule has 0 fully saturated rings. The first-order valence-corrected chi connectivity index (χ1v) is 11.3. The van der Waals surface area contributed by atoms with Gasteiger partial charge in [0.05, 0.1) is 17.7 Å². The van der Waals surface area contributed by atoms with Crippen LogP contribution < -0.4 is 4.90 Å². The molecule has 2 aromatic heterocycles. The lowest BCUT2D eigenvalue weighted by Crippen LogP contribution is -2.14. The number of hydrogen-bond donors (Lipinski definition) is 0. The molecule has 4 nitrogen and oxygen atoms in total. The zero-order chi connectivity index (χ0) is 22.2. The molecule has 4 heteroatoms. The standard InChI is InChI=1S/C28H28N4/c1-5-7-8-20-11-18(3)28(31-15-20)32-19(4)12-23-17-30-26-13-21(6-2)24(14-25(26)27(23)32)22-9-10-29-16-22/h5,9,11,13-17H,1,4,6-8,10,12H2,2-3H3. The zero-order valence-corrected chi connectivity index (χ0v) is 18.9. The molecule has 0 aliphatic carbocycles. The van der Waals surface area contributed by atoms with Crippen LogP contribution in [0, 0.1) is 6.92 Å². The third-order valence-electron chi connectivity index (χ3n) is 6.37. The molecule has 0 amide bonds. The SMILES string of the molecule is C=CCCc1cnc(N2C(=C)Cc3cnc4cc(CC)c(C5=CCN=C5)cc4c32)c(C)c1. The van der Waals surface area contributed by atoms with Crippen LogP contribution in [0.1, 0.15) is 41.2 Å². The van der Waals surface area contributed by atoms with Crippen molar-refractivity contribution in [2.75, 3.05) is 11.4 Å². The third kappa shape index (κ3) is 3.36. The van der Waals surface area contributed by atoms with Crippen LogP contribution in [-0.2, 0) is 19.3 Å². The van der Waals surface area contributed by atoms with Gasteiger partial charge in [0.15, 0.2) is 0 Å². The molecule has 0 atom stereocenters. The van der Waals surface area contributed by atoms with E-state index in [2.05, 4.69) is 61.2 Å². The second-order valence-electron chi connectivity index (χ2n) is 8.56. The van der Waals surface area contributed by atoms with Crippen molar-refractivity contribution in [1.29, 1.82) is 0 Å². The highest BCUT2D eigenvalue weighted by Crippen LogP contribution is 2.45. The summed E-state index contributed by atoms with van der Waals surface area (Å²) in [7, 11) is 0. The average molecular weight is 421 g/mol. The van der Waals surface area contributed by atoms with Crippen molar-refractivity contribution in [3.05, 3.63) is 89.4 Å². The summed E-state index contributed by atoms with van der Waals surface area (Å²) in [5, 5.41) is 1.14. The van der Waals surface area contributed by atoms with Crippen LogP contribution in [0.15, 0.2) is 66.6 Å². The molecule has 0 spiro atoms. The van der Waals surface area contributed by atoms with Crippen LogP contribution in [-0.4, -0.2) is 22.7 Å². The molecule has 5 rings (SSSR count). The predicted molar refractivity (Wildman–Crippen MR) is 135 cm³/mol. The Kier molecular flexibility index (Phi) is 5.22. The van der Waals surface area contributed by atoms with Crippen molar-refractivity contribution in [3.63, 3.8) is 0 Å². The summed E-state index contributed by atoms with van der Waals surface area (Å²) in [5.41, 5.74) is 10.5. The Morgan fingerprint density at radius 2 is 2.03 bits per heavy atom. The van der Waals surface area contributed by atoms with E-state index in [1.807, 2.05) is 24.7 Å². The largest absolute Gasteiger partial charge is 0.298 e. The van der Waals surface area contributed by atoms with E-state index in [4.69, 9.17) is 9.97 Å². The van der Waals surface area contributed by atoms with E-state index in [1.165, 1.54) is 27.8 Å². The van der Waals surface area contributed by atoms with Gasteiger partial charge in [-0.15, -0.1) is 6.58 Å². The first-order chi connectivity index (χ1) is 15.6. The monoisotopic (exact) mass is 420 g/mol. The highest BCUT2D eigenvalue weighted by molar-refractivity contribution is 6.13. The van der Waals surface area contributed by atoms with E-state index >= 15 is 0 Å². The normalized spacial score (nSPS) is 14.9. The number of hydrogen-bond acceptors (Lipinski definition) is 4. The minimum atomic E-state index is 0.756. The van der Waals surface area contributed by atoms with Crippen molar-refractivity contribution in [2.45, 2.75) is 39.5 Å². The highest BCUT2D eigenvalue weighted by Gasteiger charge is 2.29. The number of rotatable bonds is 6. The number of anilines is 2. The maximum absolute atomic E-state index is 4.88. The molecule has 2 aliphatic heterocycles. The number of fused-ring (bicyclic) bond motifs is 3. The Labute approximate surface area is 189 Å². The molecule has 1 aromatic carbocycles. The first kappa shape index (κ1) is 20.4. The molecule has 0 radical (unpaired) electrons. The van der Waals surface area contributed by atoms with Gasteiger partial charge in [0.25, 0.3) is 0 Å². The van der Waals surface area contributed by atoms with Crippen LogP contribution in [0.25, 0.3) is 16.5 Å². The molecular weight excluding hydrogens is 392 g/mol. The second kappa shape index (κ2) is 8.19. The third-order valence-corrected chi connectivity index (χ3v) is 6.37. The fraction of sp³-hybridized carbons (Fsp3) is 0.250. The van der Waals surface area contributed by atoms with E-state index in [-0.39, 0.29) is 0 Å². The van der Waals surface area contributed by atoms with Crippen LogP contribution >= 0.6 is 0 Å². The summed E-state index contributed by atoms with van der Waals surface area (Å²) >= 11 is 0. The number of aryl methyl sites for hydroxylation is 3. The number of aromatic nitrogens is 2. The molecule has 0 saturated heterocycles. The van der Waals surface area contributed by atoms with Gasteiger partial charge in [-0.05, 0) is 66.1 Å². The van der Waals surface area contributed by atoms with Crippen molar-refractivity contribution in [1.82, 2.24) is 9.97 Å². The van der Waals surface area contributed by atoms with Crippen molar-refractivity contribution in [2.24, 2.45) is 4.99 Å². The van der Waals surface area contributed by atoms with Gasteiger partial charge < -0.3 is 0 Å². The molecule has 32 heavy (non-hydrogen) atoms.